The molecule has 0 atom stereocenters. The van der Waals surface area contributed by atoms with Gasteiger partial charge in [0.25, 0.3) is 0 Å². The van der Waals surface area contributed by atoms with E-state index in [1.165, 1.54) is 11.3 Å². The Hall–Kier alpha value is -0.500. The van der Waals surface area contributed by atoms with E-state index in [0.717, 1.165) is 25.2 Å². The van der Waals surface area contributed by atoms with Gasteiger partial charge < -0.3 is 5.32 Å². The van der Waals surface area contributed by atoms with Crippen molar-refractivity contribution in [1.29, 1.82) is 0 Å². The lowest BCUT2D eigenvalue weighted by Gasteiger charge is -2.06. The summed E-state index contributed by atoms with van der Waals surface area (Å²) in [5.41, 5.74) is 2.69. The topological polar surface area (TPSA) is 71.1 Å². The average molecular weight is 291 g/mol. The monoisotopic (exact) mass is 291 g/mol. The third-order valence-corrected chi connectivity index (χ3v) is 4.49. The van der Waals surface area contributed by atoms with Gasteiger partial charge in [-0.3, -0.25) is 0 Å². The second kappa shape index (κ2) is 8.58. The first-order chi connectivity index (χ1) is 8.64. The quantitative estimate of drug-likeness (QED) is 0.631. The summed E-state index contributed by atoms with van der Waals surface area (Å²) in [6.07, 6.45) is 2.36. The van der Waals surface area contributed by atoms with Crippen LogP contribution in [0, 0.1) is 0 Å². The molecule has 1 rings (SSSR count). The highest BCUT2D eigenvalue weighted by molar-refractivity contribution is 7.89. The van der Waals surface area contributed by atoms with Crippen molar-refractivity contribution in [3.05, 3.63) is 16.6 Å². The second-order valence-electron chi connectivity index (χ2n) is 4.05. The fourth-order valence-corrected chi connectivity index (χ4v) is 3.13. The number of hydrogen-bond donors (Lipinski definition) is 2. The van der Waals surface area contributed by atoms with Gasteiger partial charge in [-0.15, -0.1) is 11.3 Å². The summed E-state index contributed by atoms with van der Waals surface area (Å²) >= 11 is 1.52. The van der Waals surface area contributed by atoms with Gasteiger partial charge in [-0.2, -0.15) is 0 Å². The fourth-order valence-electron chi connectivity index (χ4n) is 1.46. The Balaban J connectivity index is 2.11. The van der Waals surface area contributed by atoms with Crippen molar-refractivity contribution >= 4 is 21.4 Å². The van der Waals surface area contributed by atoms with E-state index in [1.54, 1.807) is 5.51 Å². The van der Waals surface area contributed by atoms with Gasteiger partial charge in [0.1, 0.15) is 0 Å². The summed E-state index contributed by atoms with van der Waals surface area (Å²) < 4.78 is 25.9. The van der Waals surface area contributed by atoms with Crippen molar-refractivity contribution < 1.29 is 8.42 Å². The lowest BCUT2D eigenvalue weighted by Crippen LogP contribution is -2.30. The highest BCUT2D eigenvalue weighted by Crippen LogP contribution is 2.01. The lowest BCUT2D eigenvalue weighted by molar-refractivity contribution is 0.574. The smallest absolute Gasteiger partial charge is 0.211 e. The Morgan fingerprint density at radius 2 is 2.17 bits per heavy atom. The van der Waals surface area contributed by atoms with Crippen LogP contribution in [0.25, 0.3) is 0 Å². The van der Waals surface area contributed by atoms with E-state index >= 15 is 0 Å². The minimum atomic E-state index is -3.14. The largest absolute Gasteiger partial charge is 0.317 e. The van der Waals surface area contributed by atoms with E-state index in [2.05, 4.69) is 21.9 Å². The fraction of sp³-hybridized carbons (Fsp3) is 0.727. The summed E-state index contributed by atoms with van der Waals surface area (Å²) in [6, 6.07) is 0. The number of nitrogens with one attached hydrogen (secondary N) is 2. The summed E-state index contributed by atoms with van der Waals surface area (Å²) in [5.74, 6) is 0.181. The zero-order valence-corrected chi connectivity index (χ0v) is 12.3. The number of rotatable bonds is 10. The van der Waals surface area contributed by atoms with Crippen molar-refractivity contribution in [2.24, 2.45) is 0 Å². The predicted octanol–water partition coefficient (Wildman–Crippen LogP) is 0.995. The van der Waals surface area contributed by atoms with Crippen molar-refractivity contribution in [2.75, 3.05) is 25.4 Å². The van der Waals surface area contributed by atoms with Crippen LogP contribution >= 0.6 is 11.3 Å². The summed E-state index contributed by atoms with van der Waals surface area (Å²) in [7, 11) is -3.14. The third kappa shape index (κ3) is 7.05. The molecule has 1 aromatic heterocycles. The molecule has 0 saturated heterocycles. The van der Waals surface area contributed by atoms with Crippen LogP contribution in [0.15, 0.2) is 10.9 Å². The van der Waals surface area contributed by atoms with Crippen LogP contribution in [0.2, 0.25) is 0 Å². The molecule has 0 saturated carbocycles. The van der Waals surface area contributed by atoms with Gasteiger partial charge in [-0.1, -0.05) is 6.92 Å². The number of sulfonamides is 1. The molecule has 0 aliphatic rings. The van der Waals surface area contributed by atoms with E-state index in [4.69, 9.17) is 0 Å². The molecule has 5 nitrogen and oxygen atoms in total. The maximum absolute atomic E-state index is 11.6. The van der Waals surface area contributed by atoms with Crippen LogP contribution in [0.4, 0.5) is 0 Å². The van der Waals surface area contributed by atoms with Gasteiger partial charge in [0.2, 0.25) is 10.0 Å². The first-order valence-electron chi connectivity index (χ1n) is 6.19. The molecule has 0 unspecified atom stereocenters. The molecule has 7 heteroatoms. The van der Waals surface area contributed by atoms with E-state index in [0.29, 0.717) is 19.4 Å². The Kier molecular flexibility index (Phi) is 7.41. The zero-order chi connectivity index (χ0) is 13.3. The minimum absolute atomic E-state index is 0.181. The molecule has 0 spiro atoms. The molecule has 0 aromatic carbocycles. The molecule has 18 heavy (non-hydrogen) atoms. The molecule has 1 heterocycles. The van der Waals surface area contributed by atoms with Crippen LogP contribution in [0.1, 0.15) is 25.5 Å². The molecule has 0 aliphatic heterocycles. The van der Waals surface area contributed by atoms with Gasteiger partial charge in [0.15, 0.2) is 0 Å². The summed E-state index contributed by atoms with van der Waals surface area (Å²) in [5, 5.41) is 5.12. The Morgan fingerprint density at radius 3 is 2.83 bits per heavy atom. The summed E-state index contributed by atoms with van der Waals surface area (Å²) in [6.45, 7) is 4.20. The molecule has 0 radical (unpaired) electrons. The zero-order valence-electron chi connectivity index (χ0n) is 10.7. The van der Waals surface area contributed by atoms with Gasteiger partial charge in [-0.05, 0) is 25.9 Å². The maximum Gasteiger partial charge on any atom is 0.211 e. The van der Waals surface area contributed by atoms with Crippen molar-refractivity contribution in [3.8, 4) is 0 Å². The van der Waals surface area contributed by atoms with Gasteiger partial charge >= 0.3 is 0 Å². The molecular weight excluding hydrogens is 270 g/mol. The Bertz CT molecular complexity index is 404. The molecule has 104 valence electrons. The summed E-state index contributed by atoms with van der Waals surface area (Å²) in [4.78, 5) is 4.11. The molecule has 0 amide bonds. The average Bonchev–Trinajstić information content (AvgIpc) is 2.81. The standard InChI is InChI=1S/C11H21N3O2S2/c1-2-5-12-6-3-8-18(15,16)14-7-4-11-9-17-10-13-11/h9-10,12,14H,2-8H2,1H3. The van der Waals surface area contributed by atoms with Crippen LogP contribution < -0.4 is 10.0 Å². The third-order valence-electron chi connectivity index (χ3n) is 2.38. The maximum atomic E-state index is 11.6. The van der Waals surface area contributed by atoms with Gasteiger partial charge in [0, 0.05) is 18.3 Å². The highest BCUT2D eigenvalue weighted by atomic mass is 32.2. The van der Waals surface area contributed by atoms with E-state index in [1.807, 2.05) is 5.38 Å². The van der Waals surface area contributed by atoms with Crippen LogP contribution in [-0.2, 0) is 16.4 Å². The highest BCUT2D eigenvalue weighted by Gasteiger charge is 2.08. The minimum Gasteiger partial charge on any atom is -0.317 e. The van der Waals surface area contributed by atoms with E-state index in [9.17, 15) is 8.42 Å². The van der Waals surface area contributed by atoms with Gasteiger partial charge in [0.05, 0.1) is 17.0 Å². The van der Waals surface area contributed by atoms with Crippen LogP contribution in [0.3, 0.4) is 0 Å². The first-order valence-corrected chi connectivity index (χ1v) is 8.78. The van der Waals surface area contributed by atoms with Crippen LogP contribution in [0.5, 0.6) is 0 Å². The number of aromatic nitrogens is 1. The number of hydrogen-bond acceptors (Lipinski definition) is 5. The molecule has 2 N–H and O–H groups in total. The molecule has 0 fully saturated rings. The normalized spacial score (nSPS) is 11.8. The van der Waals surface area contributed by atoms with E-state index in [-0.39, 0.29) is 5.75 Å². The lowest BCUT2D eigenvalue weighted by atomic mass is 10.3. The Morgan fingerprint density at radius 1 is 1.33 bits per heavy atom. The van der Waals surface area contributed by atoms with Crippen molar-refractivity contribution in [1.82, 2.24) is 15.0 Å². The predicted molar refractivity (Wildman–Crippen MR) is 75.4 cm³/mol. The first kappa shape index (κ1) is 15.6. The molecule has 0 bridgehead atoms. The van der Waals surface area contributed by atoms with Gasteiger partial charge in [-0.25, -0.2) is 18.1 Å². The number of thiazole rings is 1. The van der Waals surface area contributed by atoms with Crippen LogP contribution in [-0.4, -0.2) is 38.8 Å². The number of nitrogens with zero attached hydrogens (tertiary/aromatic N) is 1. The van der Waals surface area contributed by atoms with Crippen molar-refractivity contribution in [3.63, 3.8) is 0 Å². The molecular formula is C11H21N3O2S2. The molecule has 1 aromatic rings. The molecule has 0 aliphatic carbocycles. The second-order valence-corrected chi connectivity index (χ2v) is 6.69. The van der Waals surface area contributed by atoms with E-state index < -0.39 is 10.0 Å². The van der Waals surface area contributed by atoms with Crippen molar-refractivity contribution in [2.45, 2.75) is 26.2 Å². The SMILES string of the molecule is CCCNCCCS(=O)(=O)NCCc1cscn1. The Labute approximate surface area is 113 Å².